The Morgan fingerprint density at radius 1 is 1.03 bits per heavy atom. The zero-order valence-corrected chi connectivity index (χ0v) is 19.8. The van der Waals surface area contributed by atoms with Crippen molar-refractivity contribution in [1.29, 1.82) is 0 Å². The van der Waals surface area contributed by atoms with E-state index in [2.05, 4.69) is 15.0 Å². The fourth-order valence-corrected chi connectivity index (χ4v) is 4.61. The first-order valence-electron chi connectivity index (χ1n) is 10.4. The van der Waals surface area contributed by atoms with Gasteiger partial charge in [-0.1, -0.05) is 45.0 Å². The molecule has 1 heterocycles. The first-order chi connectivity index (χ1) is 15.0. The number of carbonyl (C=O) groups excluding carboxylic acids is 1. The summed E-state index contributed by atoms with van der Waals surface area (Å²) in [7, 11) is -3.83. The van der Waals surface area contributed by atoms with E-state index in [4.69, 9.17) is 0 Å². The van der Waals surface area contributed by atoms with E-state index < -0.39 is 10.0 Å². The fraction of sp³-hybridized carbons (Fsp3) is 0.280. The molecule has 32 heavy (non-hydrogen) atoms. The first-order valence-corrected chi connectivity index (χ1v) is 11.9. The molecule has 3 aromatic rings. The van der Waals surface area contributed by atoms with E-state index in [1.54, 1.807) is 43.6 Å². The number of hydrogen-bond donors (Lipinski definition) is 2. The summed E-state index contributed by atoms with van der Waals surface area (Å²) in [5.74, 6) is -0.298. The minimum Gasteiger partial charge on any atom is -0.345 e. The van der Waals surface area contributed by atoms with Gasteiger partial charge in [-0.3, -0.25) is 14.5 Å². The summed E-state index contributed by atoms with van der Waals surface area (Å²) in [6.07, 6.45) is 3.37. The van der Waals surface area contributed by atoms with Gasteiger partial charge < -0.3 is 5.32 Å². The summed E-state index contributed by atoms with van der Waals surface area (Å²) in [5.41, 5.74) is 2.98. The summed E-state index contributed by atoms with van der Waals surface area (Å²) >= 11 is 0. The van der Waals surface area contributed by atoms with Crippen LogP contribution >= 0.6 is 0 Å². The molecule has 0 saturated heterocycles. The lowest BCUT2D eigenvalue weighted by atomic mass is 9.87. The molecule has 0 bridgehead atoms. The third-order valence-corrected chi connectivity index (χ3v) is 6.78. The number of pyridine rings is 1. The number of carbonyl (C=O) groups is 1. The number of nitrogens with one attached hydrogen (secondary N) is 2. The maximum absolute atomic E-state index is 13.1. The molecule has 0 aliphatic rings. The Hall–Kier alpha value is -3.19. The number of nitrogens with zero attached hydrogens (tertiary/aromatic N) is 1. The van der Waals surface area contributed by atoms with Crippen molar-refractivity contribution in [2.75, 3.05) is 4.72 Å². The molecular formula is C25H29N3O3S. The summed E-state index contributed by atoms with van der Waals surface area (Å²) in [5, 5.41) is 2.91. The molecule has 1 aromatic heterocycles. The summed E-state index contributed by atoms with van der Waals surface area (Å²) in [4.78, 5) is 17.0. The Morgan fingerprint density at radius 2 is 1.78 bits per heavy atom. The van der Waals surface area contributed by atoms with Crippen molar-refractivity contribution in [3.05, 3.63) is 89.2 Å². The van der Waals surface area contributed by atoms with Gasteiger partial charge in [-0.05, 0) is 66.3 Å². The molecule has 2 aromatic carbocycles. The molecule has 6 nitrogen and oxygen atoms in total. The monoisotopic (exact) mass is 451 g/mol. The largest absolute Gasteiger partial charge is 0.345 e. The van der Waals surface area contributed by atoms with Gasteiger partial charge in [-0.25, -0.2) is 8.42 Å². The molecule has 0 fully saturated rings. The van der Waals surface area contributed by atoms with Gasteiger partial charge in [-0.15, -0.1) is 0 Å². The molecule has 2 N–H and O–H groups in total. The van der Waals surface area contributed by atoms with Crippen LogP contribution in [0.15, 0.2) is 71.9 Å². The minimum atomic E-state index is -3.83. The van der Waals surface area contributed by atoms with Gasteiger partial charge in [0.25, 0.3) is 15.9 Å². The molecule has 0 aliphatic heterocycles. The zero-order valence-electron chi connectivity index (χ0n) is 19.0. The maximum Gasteiger partial charge on any atom is 0.262 e. The second-order valence-electron chi connectivity index (χ2n) is 8.90. The van der Waals surface area contributed by atoms with Crippen molar-refractivity contribution in [1.82, 2.24) is 10.3 Å². The van der Waals surface area contributed by atoms with Crippen molar-refractivity contribution in [2.24, 2.45) is 0 Å². The van der Waals surface area contributed by atoms with Gasteiger partial charge in [0, 0.05) is 23.6 Å². The number of anilines is 1. The standard InChI is InChI=1S/C25H29N3O3S/c1-17-11-12-21(25(3,4)5)15-23(17)32(30,31)28-22-10-6-8-19(14-22)24(29)27-18(2)20-9-7-13-26-16-20/h6-16,18,28H,1-5H3,(H,27,29). The highest BCUT2D eigenvalue weighted by Gasteiger charge is 2.22. The van der Waals surface area contributed by atoms with Gasteiger partial charge in [0.1, 0.15) is 0 Å². The fourth-order valence-electron chi connectivity index (χ4n) is 3.29. The molecule has 1 unspecified atom stereocenters. The van der Waals surface area contributed by atoms with Crippen LogP contribution in [0.25, 0.3) is 0 Å². The second-order valence-corrected chi connectivity index (χ2v) is 10.5. The van der Waals surface area contributed by atoms with E-state index in [-0.39, 0.29) is 22.3 Å². The third kappa shape index (κ3) is 5.53. The summed E-state index contributed by atoms with van der Waals surface area (Å²) in [6.45, 7) is 9.75. The molecule has 3 rings (SSSR count). The molecule has 168 valence electrons. The van der Waals surface area contributed by atoms with Gasteiger partial charge in [0.2, 0.25) is 0 Å². The van der Waals surface area contributed by atoms with Gasteiger partial charge in [-0.2, -0.15) is 0 Å². The van der Waals surface area contributed by atoms with E-state index >= 15 is 0 Å². The first kappa shape index (κ1) is 23.5. The van der Waals surface area contributed by atoms with Crippen LogP contribution in [0.1, 0.15) is 60.8 Å². The average Bonchev–Trinajstić information content (AvgIpc) is 2.73. The minimum absolute atomic E-state index is 0.180. The van der Waals surface area contributed by atoms with Crippen molar-refractivity contribution in [3.63, 3.8) is 0 Å². The smallest absolute Gasteiger partial charge is 0.262 e. The number of sulfonamides is 1. The van der Waals surface area contributed by atoms with Crippen LogP contribution in [0.4, 0.5) is 5.69 Å². The number of benzene rings is 2. The third-order valence-electron chi connectivity index (χ3n) is 5.25. The number of hydrogen-bond acceptors (Lipinski definition) is 4. The predicted molar refractivity (Wildman–Crippen MR) is 127 cm³/mol. The van der Waals surface area contributed by atoms with Crippen LogP contribution in [0.2, 0.25) is 0 Å². The summed E-state index contributed by atoms with van der Waals surface area (Å²) < 4.78 is 28.9. The van der Waals surface area contributed by atoms with Crippen LogP contribution < -0.4 is 10.0 Å². The predicted octanol–water partition coefficient (Wildman–Crippen LogP) is 4.98. The molecule has 7 heteroatoms. The highest BCUT2D eigenvalue weighted by atomic mass is 32.2. The topological polar surface area (TPSA) is 88.2 Å². The lowest BCUT2D eigenvalue weighted by Gasteiger charge is -2.21. The lowest BCUT2D eigenvalue weighted by Crippen LogP contribution is -2.26. The van der Waals surface area contributed by atoms with Crippen molar-refractivity contribution >= 4 is 21.6 Å². The van der Waals surface area contributed by atoms with Crippen molar-refractivity contribution in [2.45, 2.75) is 51.0 Å². The Kier molecular flexibility index (Phi) is 6.69. The number of aromatic nitrogens is 1. The quantitative estimate of drug-likeness (QED) is 0.553. The van der Waals surface area contributed by atoms with E-state index in [0.717, 1.165) is 11.1 Å². The second kappa shape index (κ2) is 9.12. The van der Waals surface area contributed by atoms with Crippen LogP contribution in [0.3, 0.4) is 0 Å². The highest BCUT2D eigenvalue weighted by Crippen LogP contribution is 2.28. The Labute approximate surface area is 190 Å². The Bertz CT molecular complexity index is 1220. The number of amides is 1. The average molecular weight is 452 g/mol. The molecule has 0 spiro atoms. The maximum atomic E-state index is 13.1. The molecule has 1 amide bonds. The van der Waals surface area contributed by atoms with Crippen LogP contribution in [0, 0.1) is 6.92 Å². The number of aryl methyl sites for hydroxylation is 1. The normalized spacial score (nSPS) is 12.8. The molecule has 0 radical (unpaired) electrons. The van der Waals surface area contributed by atoms with E-state index in [0.29, 0.717) is 16.8 Å². The Morgan fingerprint density at radius 3 is 2.44 bits per heavy atom. The van der Waals surface area contributed by atoms with E-state index in [1.807, 2.05) is 52.0 Å². The van der Waals surface area contributed by atoms with Crippen LogP contribution in [-0.2, 0) is 15.4 Å². The van der Waals surface area contributed by atoms with Gasteiger partial charge >= 0.3 is 0 Å². The van der Waals surface area contributed by atoms with Crippen molar-refractivity contribution < 1.29 is 13.2 Å². The van der Waals surface area contributed by atoms with Crippen molar-refractivity contribution in [3.8, 4) is 0 Å². The SMILES string of the molecule is Cc1ccc(C(C)(C)C)cc1S(=O)(=O)Nc1cccc(C(=O)NC(C)c2cccnc2)c1. The highest BCUT2D eigenvalue weighted by molar-refractivity contribution is 7.92. The molecule has 1 atom stereocenters. The summed E-state index contributed by atoms with van der Waals surface area (Å²) in [6, 6.07) is 15.4. The van der Waals surface area contributed by atoms with Crippen LogP contribution in [0.5, 0.6) is 0 Å². The molecule has 0 aliphatic carbocycles. The van der Waals surface area contributed by atoms with E-state index in [9.17, 15) is 13.2 Å². The Balaban J connectivity index is 1.82. The van der Waals surface area contributed by atoms with Crippen LogP contribution in [-0.4, -0.2) is 19.3 Å². The van der Waals surface area contributed by atoms with Gasteiger partial charge in [0.05, 0.1) is 10.9 Å². The van der Waals surface area contributed by atoms with Gasteiger partial charge in [0.15, 0.2) is 0 Å². The molecule has 0 saturated carbocycles. The lowest BCUT2D eigenvalue weighted by molar-refractivity contribution is 0.0940. The van der Waals surface area contributed by atoms with E-state index in [1.165, 1.54) is 6.07 Å². The zero-order chi connectivity index (χ0) is 23.5. The number of rotatable bonds is 6. The molecular weight excluding hydrogens is 422 g/mol.